The van der Waals surface area contributed by atoms with E-state index in [0.29, 0.717) is 5.56 Å². The van der Waals surface area contributed by atoms with Crippen LogP contribution in [0.4, 0.5) is 0 Å². The van der Waals surface area contributed by atoms with E-state index in [2.05, 4.69) is 15.4 Å². The second-order valence-electron chi connectivity index (χ2n) is 6.71. The van der Waals surface area contributed by atoms with Crippen molar-refractivity contribution in [1.29, 1.82) is 0 Å². The molecule has 2 N–H and O–H groups in total. The van der Waals surface area contributed by atoms with E-state index in [1.807, 2.05) is 31.5 Å². The Balaban J connectivity index is 1.88. The van der Waals surface area contributed by atoms with Crippen LogP contribution in [0.1, 0.15) is 61.6 Å². The molecule has 1 aliphatic carbocycles. The lowest BCUT2D eigenvalue weighted by Crippen LogP contribution is -2.38. The molecule has 1 aliphatic rings. The number of aromatic nitrogens is 3. The highest BCUT2D eigenvalue weighted by molar-refractivity contribution is 6.05. The molecule has 6 heteroatoms. The van der Waals surface area contributed by atoms with Crippen molar-refractivity contribution in [1.82, 2.24) is 20.1 Å². The van der Waals surface area contributed by atoms with Gasteiger partial charge < -0.3 is 10.4 Å². The van der Waals surface area contributed by atoms with Crippen molar-refractivity contribution in [2.24, 2.45) is 0 Å². The van der Waals surface area contributed by atoms with E-state index >= 15 is 0 Å². The number of hydrogen-bond donors (Lipinski definition) is 2. The number of nitrogens with zero attached hydrogens (tertiary/aromatic N) is 3. The van der Waals surface area contributed by atoms with Gasteiger partial charge in [-0.3, -0.25) is 4.79 Å². The number of aliphatic hydroxyl groups excluding tert-OH is 1. The summed E-state index contributed by atoms with van der Waals surface area (Å²) >= 11 is 0. The standard InChI is InChI=1S/C17H24N4O2/c1-10(2)21-16-15(9-18-21)14(8-11(3)19-16)17(23)20-12-4-6-13(22)7-5-12/h8-10,12-13,22H,4-7H2,1-3H3,(H,20,23). The Morgan fingerprint density at radius 1 is 1.35 bits per heavy atom. The van der Waals surface area contributed by atoms with Gasteiger partial charge in [0.2, 0.25) is 0 Å². The van der Waals surface area contributed by atoms with Crippen molar-refractivity contribution in [2.45, 2.75) is 64.6 Å². The summed E-state index contributed by atoms with van der Waals surface area (Å²) in [5, 5.41) is 17.8. The molecule has 1 saturated carbocycles. The maximum atomic E-state index is 12.7. The second kappa shape index (κ2) is 6.28. The fourth-order valence-corrected chi connectivity index (χ4v) is 3.19. The molecule has 0 bridgehead atoms. The molecular formula is C17H24N4O2. The van der Waals surface area contributed by atoms with Gasteiger partial charge in [-0.15, -0.1) is 0 Å². The number of nitrogens with one attached hydrogen (secondary N) is 1. The van der Waals surface area contributed by atoms with Gasteiger partial charge in [0.15, 0.2) is 5.65 Å². The van der Waals surface area contributed by atoms with Crippen molar-refractivity contribution >= 4 is 16.9 Å². The highest BCUT2D eigenvalue weighted by Crippen LogP contribution is 2.23. The van der Waals surface area contributed by atoms with Crippen LogP contribution in [0.5, 0.6) is 0 Å². The molecule has 2 heterocycles. The molecule has 23 heavy (non-hydrogen) atoms. The molecule has 1 amide bonds. The first-order chi connectivity index (χ1) is 11.0. The molecule has 0 unspecified atom stereocenters. The summed E-state index contributed by atoms with van der Waals surface area (Å²) in [4.78, 5) is 17.2. The molecule has 3 rings (SSSR count). The number of amides is 1. The third-order valence-corrected chi connectivity index (χ3v) is 4.46. The predicted molar refractivity (Wildman–Crippen MR) is 88.4 cm³/mol. The molecule has 0 spiro atoms. The first-order valence-electron chi connectivity index (χ1n) is 8.29. The topological polar surface area (TPSA) is 80.0 Å². The van der Waals surface area contributed by atoms with Gasteiger partial charge in [-0.1, -0.05) is 0 Å². The van der Waals surface area contributed by atoms with Gasteiger partial charge in [0.05, 0.1) is 23.3 Å². The normalized spacial score (nSPS) is 21.8. The van der Waals surface area contributed by atoms with Crippen molar-refractivity contribution in [2.75, 3.05) is 0 Å². The molecule has 0 radical (unpaired) electrons. The minimum atomic E-state index is -0.220. The summed E-state index contributed by atoms with van der Waals surface area (Å²) in [5.74, 6) is -0.0785. The van der Waals surface area contributed by atoms with Crippen LogP contribution >= 0.6 is 0 Å². The molecular weight excluding hydrogens is 292 g/mol. The van der Waals surface area contributed by atoms with Crippen LogP contribution in [-0.4, -0.2) is 37.9 Å². The van der Waals surface area contributed by atoms with Crippen LogP contribution in [0.15, 0.2) is 12.3 Å². The molecule has 2 aromatic rings. The third-order valence-electron chi connectivity index (χ3n) is 4.46. The van der Waals surface area contributed by atoms with E-state index < -0.39 is 0 Å². The first kappa shape index (κ1) is 15.9. The zero-order valence-corrected chi connectivity index (χ0v) is 13.9. The summed E-state index contributed by atoms with van der Waals surface area (Å²) in [5.41, 5.74) is 2.19. The van der Waals surface area contributed by atoms with Gasteiger partial charge in [0.25, 0.3) is 5.91 Å². The average Bonchev–Trinajstić information content (AvgIpc) is 2.92. The lowest BCUT2D eigenvalue weighted by molar-refractivity contribution is 0.0869. The van der Waals surface area contributed by atoms with E-state index in [4.69, 9.17) is 0 Å². The monoisotopic (exact) mass is 316 g/mol. The quantitative estimate of drug-likeness (QED) is 0.911. The fourth-order valence-electron chi connectivity index (χ4n) is 3.19. The maximum absolute atomic E-state index is 12.7. The summed E-state index contributed by atoms with van der Waals surface area (Å²) < 4.78 is 1.84. The highest BCUT2D eigenvalue weighted by atomic mass is 16.3. The maximum Gasteiger partial charge on any atom is 0.252 e. The third kappa shape index (κ3) is 3.22. The first-order valence-corrected chi connectivity index (χ1v) is 8.29. The van der Waals surface area contributed by atoms with Gasteiger partial charge >= 0.3 is 0 Å². The Hall–Kier alpha value is -1.95. The van der Waals surface area contributed by atoms with Crippen molar-refractivity contribution in [3.63, 3.8) is 0 Å². The Morgan fingerprint density at radius 2 is 2.04 bits per heavy atom. The lowest BCUT2D eigenvalue weighted by atomic mass is 9.93. The number of aryl methyl sites for hydroxylation is 1. The SMILES string of the molecule is Cc1cc(C(=O)NC2CCC(O)CC2)c2cnn(C(C)C)c2n1. The summed E-state index contributed by atoms with van der Waals surface area (Å²) in [6, 6.07) is 2.15. The Morgan fingerprint density at radius 3 is 2.70 bits per heavy atom. The van der Waals surface area contributed by atoms with E-state index in [0.717, 1.165) is 42.4 Å². The van der Waals surface area contributed by atoms with Crippen LogP contribution in [0.2, 0.25) is 0 Å². The highest BCUT2D eigenvalue weighted by Gasteiger charge is 2.23. The molecule has 0 aromatic carbocycles. The molecule has 0 saturated heterocycles. The number of aliphatic hydroxyl groups is 1. The molecule has 6 nitrogen and oxygen atoms in total. The lowest BCUT2D eigenvalue weighted by Gasteiger charge is -2.26. The van der Waals surface area contributed by atoms with Gasteiger partial charge in [0, 0.05) is 17.8 Å². The van der Waals surface area contributed by atoms with Crippen LogP contribution in [0, 0.1) is 6.92 Å². The van der Waals surface area contributed by atoms with E-state index in [9.17, 15) is 9.90 Å². The molecule has 1 fully saturated rings. The molecule has 0 atom stereocenters. The van der Waals surface area contributed by atoms with Gasteiger partial charge in [-0.25, -0.2) is 9.67 Å². The minimum Gasteiger partial charge on any atom is -0.393 e. The number of carbonyl (C=O) groups excluding carboxylic acids is 1. The van der Waals surface area contributed by atoms with Crippen LogP contribution < -0.4 is 5.32 Å². The average molecular weight is 316 g/mol. The number of rotatable bonds is 3. The summed E-state index contributed by atoms with van der Waals surface area (Å²) in [6.45, 7) is 5.98. The van der Waals surface area contributed by atoms with E-state index in [1.54, 1.807) is 6.20 Å². The minimum absolute atomic E-state index is 0.0785. The van der Waals surface area contributed by atoms with Crippen molar-refractivity contribution in [3.05, 3.63) is 23.5 Å². The number of hydrogen-bond acceptors (Lipinski definition) is 4. The fraction of sp³-hybridized carbons (Fsp3) is 0.588. The van der Waals surface area contributed by atoms with Gasteiger partial charge in [0.1, 0.15) is 0 Å². The Bertz CT molecular complexity index is 715. The Kier molecular flexibility index (Phi) is 4.35. The second-order valence-corrected chi connectivity index (χ2v) is 6.71. The molecule has 0 aliphatic heterocycles. The van der Waals surface area contributed by atoms with Crippen LogP contribution in [0.25, 0.3) is 11.0 Å². The summed E-state index contributed by atoms with van der Waals surface area (Å²) in [7, 11) is 0. The number of pyridine rings is 1. The van der Waals surface area contributed by atoms with Gasteiger partial charge in [-0.05, 0) is 52.5 Å². The van der Waals surface area contributed by atoms with Crippen molar-refractivity contribution in [3.8, 4) is 0 Å². The van der Waals surface area contributed by atoms with Gasteiger partial charge in [-0.2, -0.15) is 5.10 Å². The van der Waals surface area contributed by atoms with E-state index in [1.165, 1.54) is 0 Å². The number of fused-ring (bicyclic) bond motifs is 1. The van der Waals surface area contributed by atoms with Crippen LogP contribution in [-0.2, 0) is 0 Å². The smallest absolute Gasteiger partial charge is 0.252 e. The number of carbonyl (C=O) groups is 1. The van der Waals surface area contributed by atoms with E-state index in [-0.39, 0.29) is 24.1 Å². The van der Waals surface area contributed by atoms with Crippen molar-refractivity contribution < 1.29 is 9.90 Å². The van der Waals surface area contributed by atoms with Crippen LogP contribution in [0.3, 0.4) is 0 Å². The zero-order valence-electron chi connectivity index (χ0n) is 13.9. The molecule has 2 aromatic heterocycles. The largest absolute Gasteiger partial charge is 0.393 e. The molecule has 124 valence electrons. The Labute approximate surface area is 135 Å². The zero-order chi connectivity index (χ0) is 16.6. The predicted octanol–water partition coefficient (Wildman–Crippen LogP) is 2.35. The summed E-state index contributed by atoms with van der Waals surface area (Å²) in [6.07, 6.45) is 4.65.